The number of anilines is 1. The molecule has 0 saturated carbocycles. The zero-order valence-corrected chi connectivity index (χ0v) is 11.0. The van der Waals surface area contributed by atoms with Crippen LogP contribution in [0.2, 0.25) is 0 Å². The summed E-state index contributed by atoms with van der Waals surface area (Å²) in [6.45, 7) is 0.253. The Hall–Kier alpha value is -2.54. The van der Waals surface area contributed by atoms with Gasteiger partial charge in [0.15, 0.2) is 5.78 Å². The number of nitriles is 1. The van der Waals surface area contributed by atoms with Gasteiger partial charge in [-0.1, -0.05) is 12.1 Å². The Morgan fingerprint density at radius 1 is 1.37 bits per heavy atom. The number of Topliss-reactive ketones (excluding diaryl/α,β-unsaturated/α-hetero) is 1. The molecule has 0 unspecified atom stereocenters. The molecule has 1 aromatic heterocycles. The van der Waals surface area contributed by atoms with Crippen LogP contribution in [-0.2, 0) is 7.05 Å². The van der Waals surface area contributed by atoms with E-state index in [-0.39, 0.29) is 12.3 Å². The molecule has 4 nitrogen and oxygen atoms in total. The van der Waals surface area contributed by atoms with Gasteiger partial charge in [-0.25, -0.2) is 0 Å². The number of aromatic nitrogens is 1. The number of hydrogen-bond donors (Lipinski definition) is 0. The van der Waals surface area contributed by atoms with Crippen LogP contribution in [0.4, 0.5) is 5.69 Å². The lowest BCUT2D eigenvalue weighted by molar-refractivity contribution is 0.100. The van der Waals surface area contributed by atoms with Crippen molar-refractivity contribution in [1.82, 2.24) is 4.57 Å². The highest BCUT2D eigenvalue weighted by atomic mass is 16.1. The van der Waals surface area contributed by atoms with Gasteiger partial charge in [0.1, 0.15) is 6.07 Å². The smallest absolute Gasteiger partial charge is 0.183 e. The molecule has 0 fully saturated rings. The number of likely N-dealkylation sites (N-methyl/N-ethyl adjacent to an activating group) is 1. The maximum absolute atomic E-state index is 12.1. The van der Waals surface area contributed by atoms with E-state index in [1.807, 2.05) is 43.1 Å². The number of benzene rings is 1. The van der Waals surface area contributed by atoms with Crippen LogP contribution in [0.25, 0.3) is 0 Å². The summed E-state index contributed by atoms with van der Waals surface area (Å²) in [4.78, 5) is 13.9. The van der Waals surface area contributed by atoms with E-state index in [1.54, 1.807) is 23.2 Å². The molecule has 0 saturated heterocycles. The molecule has 0 amide bonds. The van der Waals surface area contributed by atoms with Crippen molar-refractivity contribution in [2.24, 2.45) is 7.05 Å². The maximum atomic E-state index is 12.1. The van der Waals surface area contributed by atoms with Crippen LogP contribution in [0.3, 0.4) is 0 Å². The first-order valence-corrected chi connectivity index (χ1v) is 5.97. The third-order valence-electron chi connectivity index (χ3n) is 2.97. The first-order chi connectivity index (χ1) is 9.11. The molecule has 0 N–H and O–H groups in total. The molecule has 0 atom stereocenters. The minimum Gasteiger partial charge on any atom is -0.366 e. The fraction of sp³-hybridized carbons (Fsp3) is 0.200. The largest absolute Gasteiger partial charge is 0.366 e. The van der Waals surface area contributed by atoms with Crippen LogP contribution in [-0.4, -0.2) is 23.9 Å². The Kier molecular flexibility index (Phi) is 3.67. The van der Waals surface area contributed by atoms with Crippen LogP contribution in [0.15, 0.2) is 42.7 Å². The number of aryl methyl sites for hydroxylation is 1. The van der Waals surface area contributed by atoms with Crippen molar-refractivity contribution >= 4 is 11.5 Å². The lowest BCUT2D eigenvalue weighted by Gasteiger charge is -2.19. The highest BCUT2D eigenvalue weighted by molar-refractivity contribution is 5.99. The Balaban J connectivity index is 2.15. The van der Waals surface area contributed by atoms with Gasteiger partial charge in [-0.2, -0.15) is 5.26 Å². The third kappa shape index (κ3) is 2.83. The lowest BCUT2D eigenvalue weighted by Crippen LogP contribution is -2.26. The summed E-state index contributed by atoms with van der Waals surface area (Å²) in [5.41, 5.74) is 2.03. The summed E-state index contributed by atoms with van der Waals surface area (Å²) in [6.07, 6.45) is 3.64. The van der Waals surface area contributed by atoms with Crippen LogP contribution >= 0.6 is 0 Å². The van der Waals surface area contributed by atoms with Gasteiger partial charge in [0.2, 0.25) is 0 Å². The number of nitrogens with zero attached hydrogens (tertiary/aromatic N) is 3. The molecular formula is C15H15N3O. The van der Waals surface area contributed by atoms with Gasteiger partial charge in [0.25, 0.3) is 0 Å². The molecule has 0 radical (unpaired) electrons. The van der Waals surface area contributed by atoms with Crippen molar-refractivity contribution in [3.05, 3.63) is 53.9 Å². The monoisotopic (exact) mass is 253 g/mol. The fourth-order valence-corrected chi connectivity index (χ4v) is 1.96. The van der Waals surface area contributed by atoms with E-state index >= 15 is 0 Å². The topological polar surface area (TPSA) is 49.0 Å². The van der Waals surface area contributed by atoms with E-state index in [0.29, 0.717) is 11.1 Å². The van der Waals surface area contributed by atoms with Gasteiger partial charge in [-0.3, -0.25) is 4.79 Å². The minimum absolute atomic E-state index is 0.0378. The summed E-state index contributed by atoms with van der Waals surface area (Å²) in [5.74, 6) is 0.0378. The Bertz CT molecular complexity index is 637. The first kappa shape index (κ1) is 12.9. The van der Waals surface area contributed by atoms with Gasteiger partial charge in [-0.15, -0.1) is 0 Å². The molecule has 2 rings (SSSR count). The highest BCUT2D eigenvalue weighted by Crippen LogP contribution is 2.18. The fourth-order valence-electron chi connectivity index (χ4n) is 1.96. The zero-order chi connectivity index (χ0) is 13.8. The zero-order valence-electron chi connectivity index (χ0n) is 11.0. The molecule has 0 bridgehead atoms. The maximum Gasteiger partial charge on any atom is 0.183 e. The molecule has 0 aliphatic heterocycles. The van der Waals surface area contributed by atoms with E-state index in [4.69, 9.17) is 5.26 Å². The highest BCUT2D eigenvalue weighted by Gasteiger charge is 2.13. The molecule has 96 valence electrons. The van der Waals surface area contributed by atoms with Crippen molar-refractivity contribution in [1.29, 1.82) is 5.26 Å². The quantitative estimate of drug-likeness (QED) is 0.785. The summed E-state index contributed by atoms with van der Waals surface area (Å²) in [5, 5.41) is 9.06. The van der Waals surface area contributed by atoms with E-state index in [0.717, 1.165) is 5.69 Å². The Morgan fingerprint density at radius 3 is 2.74 bits per heavy atom. The molecular weight excluding hydrogens is 238 g/mol. The standard InChI is InChI=1S/C15H15N3O/c1-17-8-7-13(10-17)15(19)11-18(2)14-6-4-3-5-12(14)9-16/h3-8,10H,11H2,1-2H3. The van der Waals surface area contributed by atoms with Crippen molar-refractivity contribution in [3.63, 3.8) is 0 Å². The normalized spacial score (nSPS) is 9.95. The lowest BCUT2D eigenvalue weighted by atomic mass is 10.1. The predicted octanol–water partition coefficient (Wildman–Crippen LogP) is 2.22. The Morgan fingerprint density at radius 2 is 2.11 bits per heavy atom. The number of carbonyl (C=O) groups is 1. The van der Waals surface area contributed by atoms with Crippen LogP contribution in [0, 0.1) is 11.3 Å². The second kappa shape index (κ2) is 5.40. The molecule has 0 spiro atoms. The molecule has 1 heterocycles. The van der Waals surface area contributed by atoms with Crippen molar-refractivity contribution < 1.29 is 4.79 Å². The Labute approximate surface area is 112 Å². The minimum atomic E-state index is 0.0378. The number of carbonyl (C=O) groups excluding carboxylic acids is 1. The van der Waals surface area contributed by atoms with Gasteiger partial charge in [0.05, 0.1) is 17.8 Å². The second-order valence-electron chi connectivity index (χ2n) is 4.47. The second-order valence-corrected chi connectivity index (χ2v) is 4.47. The summed E-state index contributed by atoms with van der Waals surface area (Å²) in [7, 11) is 3.70. The van der Waals surface area contributed by atoms with E-state index < -0.39 is 0 Å². The van der Waals surface area contributed by atoms with Gasteiger partial charge < -0.3 is 9.47 Å². The average molecular weight is 253 g/mol. The van der Waals surface area contributed by atoms with Gasteiger partial charge in [0, 0.05) is 32.1 Å². The SMILES string of the molecule is CN(CC(=O)c1ccn(C)c1)c1ccccc1C#N. The number of ketones is 1. The van der Waals surface area contributed by atoms with Gasteiger partial charge in [-0.05, 0) is 18.2 Å². The molecule has 2 aromatic rings. The average Bonchev–Trinajstić information content (AvgIpc) is 2.85. The van der Waals surface area contributed by atoms with E-state index in [9.17, 15) is 4.79 Å². The number of rotatable bonds is 4. The first-order valence-electron chi connectivity index (χ1n) is 5.97. The van der Waals surface area contributed by atoms with Crippen molar-refractivity contribution in [2.75, 3.05) is 18.5 Å². The summed E-state index contributed by atoms with van der Waals surface area (Å²) in [6, 6.07) is 11.2. The molecule has 4 heteroatoms. The third-order valence-corrected chi connectivity index (χ3v) is 2.97. The number of para-hydroxylation sites is 1. The molecule has 19 heavy (non-hydrogen) atoms. The van der Waals surface area contributed by atoms with Crippen molar-refractivity contribution in [3.8, 4) is 6.07 Å². The predicted molar refractivity (Wildman–Crippen MR) is 74.2 cm³/mol. The van der Waals surface area contributed by atoms with E-state index in [1.165, 1.54) is 0 Å². The number of hydrogen-bond acceptors (Lipinski definition) is 3. The summed E-state index contributed by atoms with van der Waals surface area (Å²) >= 11 is 0. The van der Waals surface area contributed by atoms with E-state index in [2.05, 4.69) is 6.07 Å². The van der Waals surface area contributed by atoms with Crippen molar-refractivity contribution in [2.45, 2.75) is 0 Å². The molecule has 0 aliphatic carbocycles. The molecule has 0 aliphatic rings. The molecule has 1 aromatic carbocycles. The van der Waals surface area contributed by atoms with Crippen LogP contribution in [0.5, 0.6) is 0 Å². The van der Waals surface area contributed by atoms with Gasteiger partial charge >= 0.3 is 0 Å². The van der Waals surface area contributed by atoms with Crippen LogP contribution < -0.4 is 4.90 Å². The van der Waals surface area contributed by atoms with Crippen LogP contribution in [0.1, 0.15) is 15.9 Å². The summed E-state index contributed by atoms with van der Waals surface area (Å²) < 4.78 is 1.84.